The van der Waals surface area contributed by atoms with Crippen LogP contribution in [-0.2, 0) is 4.79 Å². The monoisotopic (exact) mass is 226 g/mol. The Kier molecular flexibility index (Phi) is 4.78. The summed E-state index contributed by atoms with van der Waals surface area (Å²) < 4.78 is 0. The molecule has 16 heavy (non-hydrogen) atoms. The fourth-order valence-electron chi connectivity index (χ4n) is 2.21. The SMILES string of the molecule is CC(C)CCN(C)C(=O)C1(C)CCCCN1. The quantitative estimate of drug-likeness (QED) is 0.795. The van der Waals surface area contributed by atoms with Gasteiger partial charge in [-0.3, -0.25) is 4.79 Å². The average Bonchev–Trinajstić information content (AvgIpc) is 2.25. The van der Waals surface area contributed by atoms with E-state index in [-0.39, 0.29) is 11.4 Å². The van der Waals surface area contributed by atoms with E-state index in [1.54, 1.807) is 0 Å². The van der Waals surface area contributed by atoms with Crippen molar-refractivity contribution in [2.24, 2.45) is 5.92 Å². The minimum absolute atomic E-state index is 0.257. The molecule has 0 radical (unpaired) electrons. The lowest BCUT2D eigenvalue weighted by atomic mass is 9.89. The van der Waals surface area contributed by atoms with Crippen LogP contribution >= 0.6 is 0 Å². The molecule has 0 saturated carbocycles. The summed E-state index contributed by atoms with van der Waals surface area (Å²) in [5.74, 6) is 0.912. The van der Waals surface area contributed by atoms with Crippen LogP contribution in [0.25, 0.3) is 0 Å². The van der Waals surface area contributed by atoms with Gasteiger partial charge < -0.3 is 10.2 Å². The van der Waals surface area contributed by atoms with Crippen molar-refractivity contribution >= 4 is 5.91 Å². The van der Waals surface area contributed by atoms with Crippen LogP contribution in [0.4, 0.5) is 0 Å². The number of hydrogen-bond acceptors (Lipinski definition) is 2. The summed E-state index contributed by atoms with van der Waals surface area (Å²) in [7, 11) is 1.92. The Bertz CT molecular complexity index is 232. The van der Waals surface area contributed by atoms with Crippen molar-refractivity contribution in [2.75, 3.05) is 20.1 Å². The highest BCUT2D eigenvalue weighted by atomic mass is 16.2. The van der Waals surface area contributed by atoms with Gasteiger partial charge in [-0.2, -0.15) is 0 Å². The zero-order valence-corrected chi connectivity index (χ0v) is 11.2. The van der Waals surface area contributed by atoms with Crippen molar-refractivity contribution < 1.29 is 4.79 Å². The Hall–Kier alpha value is -0.570. The molecule has 1 unspecified atom stereocenters. The van der Waals surface area contributed by atoms with Gasteiger partial charge in [0.1, 0.15) is 0 Å². The Morgan fingerprint density at radius 2 is 2.12 bits per heavy atom. The van der Waals surface area contributed by atoms with Crippen LogP contribution in [0.15, 0.2) is 0 Å². The number of amides is 1. The van der Waals surface area contributed by atoms with E-state index in [1.165, 1.54) is 6.42 Å². The van der Waals surface area contributed by atoms with E-state index in [4.69, 9.17) is 0 Å². The molecular formula is C13H26N2O. The Labute approximate surface area is 99.6 Å². The highest BCUT2D eigenvalue weighted by Gasteiger charge is 2.36. The number of carbonyl (C=O) groups is 1. The van der Waals surface area contributed by atoms with Crippen LogP contribution in [-0.4, -0.2) is 36.5 Å². The first kappa shape index (κ1) is 13.5. The summed E-state index contributed by atoms with van der Waals surface area (Å²) in [4.78, 5) is 14.2. The van der Waals surface area contributed by atoms with E-state index in [9.17, 15) is 4.79 Å². The first-order chi connectivity index (χ1) is 7.46. The lowest BCUT2D eigenvalue weighted by molar-refractivity contribution is -0.137. The molecule has 0 bridgehead atoms. The Morgan fingerprint density at radius 3 is 2.62 bits per heavy atom. The molecular weight excluding hydrogens is 200 g/mol. The second-order valence-electron chi connectivity index (χ2n) is 5.63. The Balaban J connectivity index is 2.48. The van der Waals surface area contributed by atoms with E-state index in [0.717, 1.165) is 32.4 Å². The maximum atomic E-state index is 12.3. The van der Waals surface area contributed by atoms with Gasteiger partial charge in [-0.05, 0) is 45.1 Å². The predicted molar refractivity (Wildman–Crippen MR) is 67.4 cm³/mol. The molecule has 1 saturated heterocycles. The van der Waals surface area contributed by atoms with Crippen molar-refractivity contribution in [3.05, 3.63) is 0 Å². The molecule has 1 heterocycles. The Morgan fingerprint density at radius 1 is 1.44 bits per heavy atom. The van der Waals surface area contributed by atoms with Gasteiger partial charge in [0, 0.05) is 13.6 Å². The van der Waals surface area contributed by atoms with Crippen LogP contribution < -0.4 is 5.32 Å². The van der Waals surface area contributed by atoms with Gasteiger partial charge in [-0.1, -0.05) is 13.8 Å². The smallest absolute Gasteiger partial charge is 0.242 e. The second kappa shape index (κ2) is 5.67. The molecule has 3 nitrogen and oxygen atoms in total. The molecule has 94 valence electrons. The molecule has 1 aliphatic rings. The van der Waals surface area contributed by atoms with Gasteiger partial charge in [0.15, 0.2) is 0 Å². The van der Waals surface area contributed by atoms with E-state index in [2.05, 4.69) is 19.2 Å². The van der Waals surface area contributed by atoms with Crippen LogP contribution in [0.5, 0.6) is 0 Å². The standard InChI is InChI=1S/C13H26N2O/c1-11(2)7-10-15(4)12(16)13(3)8-5-6-9-14-13/h11,14H,5-10H2,1-4H3. The lowest BCUT2D eigenvalue weighted by Crippen LogP contribution is -2.57. The topological polar surface area (TPSA) is 32.3 Å². The fourth-order valence-corrected chi connectivity index (χ4v) is 2.21. The summed E-state index contributed by atoms with van der Waals surface area (Å²) in [5, 5.41) is 3.37. The summed E-state index contributed by atoms with van der Waals surface area (Å²) in [6.07, 6.45) is 4.40. The van der Waals surface area contributed by atoms with Gasteiger partial charge >= 0.3 is 0 Å². The zero-order valence-electron chi connectivity index (χ0n) is 11.2. The molecule has 0 aliphatic carbocycles. The van der Waals surface area contributed by atoms with Gasteiger partial charge in [-0.25, -0.2) is 0 Å². The number of likely N-dealkylation sites (N-methyl/N-ethyl adjacent to an activating group) is 1. The molecule has 0 aromatic carbocycles. The van der Waals surface area contributed by atoms with Crippen molar-refractivity contribution in [1.82, 2.24) is 10.2 Å². The van der Waals surface area contributed by atoms with Gasteiger partial charge in [0.2, 0.25) is 5.91 Å². The van der Waals surface area contributed by atoms with Crippen LogP contribution in [0.2, 0.25) is 0 Å². The number of rotatable bonds is 4. The van der Waals surface area contributed by atoms with Gasteiger partial charge in [0.05, 0.1) is 5.54 Å². The van der Waals surface area contributed by atoms with Crippen LogP contribution in [0.3, 0.4) is 0 Å². The molecule has 3 heteroatoms. The number of nitrogens with zero attached hydrogens (tertiary/aromatic N) is 1. The molecule has 1 rings (SSSR count). The summed E-state index contributed by atoms with van der Waals surface area (Å²) in [5.41, 5.74) is -0.315. The van der Waals surface area contributed by atoms with Crippen molar-refractivity contribution in [3.63, 3.8) is 0 Å². The third kappa shape index (κ3) is 3.48. The van der Waals surface area contributed by atoms with Crippen molar-refractivity contribution in [3.8, 4) is 0 Å². The molecule has 1 aliphatic heterocycles. The minimum Gasteiger partial charge on any atom is -0.344 e. The highest BCUT2D eigenvalue weighted by Crippen LogP contribution is 2.21. The van der Waals surface area contributed by atoms with E-state index in [1.807, 2.05) is 18.9 Å². The van der Waals surface area contributed by atoms with E-state index >= 15 is 0 Å². The maximum absolute atomic E-state index is 12.3. The predicted octanol–water partition coefficient (Wildman–Crippen LogP) is 2.02. The van der Waals surface area contributed by atoms with E-state index < -0.39 is 0 Å². The zero-order chi connectivity index (χ0) is 12.2. The molecule has 1 amide bonds. The lowest BCUT2D eigenvalue weighted by Gasteiger charge is -2.36. The maximum Gasteiger partial charge on any atom is 0.242 e. The number of nitrogens with one attached hydrogen (secondary N) is 1. The molecule has 0 aromatic heterocycles. The van der Waals surface area contributed by atoms with Crippen molar-refractivity contribution in [2.45, 2.75) is 52.0 Å². The number of carbonyl (C=O) groups excluding carboxylic acids is 1. The van der Waals surface area contributed by atoms with Crippen LogP contribution in [0.1, 0.15) is 46.5 Å². The third-order valence-corrected chi connectivity index (χ3v) is 3.48. The van der Waals surface area contributed by atoms with Gasteiger partial charge in [0.25, 0.3) is 0 Å². The molecule has 1 N–H and O–H groups in total. The normalized spacial score (nSPS) is 25.8. The second-order valence-corrected chi connectivity index (χ2v) is 5.63. The third-order valence-electron chi connectivity index (χ3n) is 3.48. The molecule has 1 fully saturated rings. The van der Waals surface area contributed by atoms with E-state index in [0.29, 0.717) is 5.92 Å². The van der Waals surface area contributed by atoms with Crippen molar-refractivity contribution in [1.29, 1.82) is 0 Å². The minimum atomic E-state index is -0.315. The molecule has 0 spiro atoms. The largest absolute Gasteiger partial charge is 0.344 e. The first-order valence-corrected chi connectivity index (χ1v) is 6.46. The average molecular weight is 226 g/mol. The summed E-state index contributed by atoms with van der Waals surface area (Å²) >= 11 is 0. The molecule has 0 aromatic rings. The first-order valence-electron chi connectivity index (χ1n) is 6.46. The number of hydrogen-bond donors (Lipinski definition) is 1. The van der Waals surface area contributed by atoms with Crippen LogP contribution in [0, 0.1) is 5.92 Å². The molecule has 1 atom stereocenters. The summed E-state index contributed by atoms with van der Waals surface area (Å²) in [6, 6.07) is 0. The van der Waals surface area contributed by atoms with Gasteiger partial charge in [-0.15, -0.1) is 0 Å². The highest BCUT2D eigenvalue weighted by molar-refractivity contribution is 5.85. The number of piperidine rings is 1. The fraction of sp³-hybridized carbons (Fsp3) is 0.923. The summed E-state index contributed by atoms with van der Waals surface area (Å²) in [6.45, 7) is 8.27.